The van der Waals surface area contributed by atoms with Gasteiger partial charge in [0, 0.05) is 136 Å². The Kier molecular flexibility index (Phi) is 14.1. The molecule has 21 heteroatoms. The molecule has 8 heterocycles. The van der Waals surface area contributed by atoms with Gasteiger partial charge in [-0.2, -0.15) is 15.5 Å². The summed E-state index contributed by atoms with van der Waals surface area (Å²) in [5, 5.41) is 31.2. The predicted octanol–water partition coefficient (Wildman–Crippen LogP) is 8.40. The van der Waals surface area contributed by atoms with Crippen LogP contribution in [0.15, 0.2) is 61.3 Å². The van der Waals surface area contributed by atoms with E-state index in [9.17, 15) is 23.6 Å². The summed E-state index contributed by atoms with van der Waals surface area (Å²) in [6.45, 7) is 17.1. The number of nitrogens with one attached hydrogen (secondary N) is 1. The summed E-state index contributed by atoms with van der Waals surface area (Å²) in [5.74, 6) is 2.07. The minimum atomic E-state index is -2.66. The highest BCUT2D eigenvalue weighted by Crippen LogP contribution is 2.56. The zero-order valence-electron chi connectivity index (χ0n) is 44.6. The number of benzene rings is 2. The van der Waals surface area contributed by atoms with Gasteiger partial charge in [0.15, 0.2) is 11.6 Å². The van der Waals surface area contributed by atoms with Gasteiger partial charge < -0.3 is 24.8 Å². The highest BCUT2D eigenvalue weighted by molar-refractivity contribution is 6.31. The normalized spacial score (nSPS) is 20.8. The van der Waals surface area contributed by atoms with E-state index in [4.69, 9.17) is 21.4 Å². The minimum absolute atomic E-state index is 0.0141. The largest absolute Gasteiger partial charge is 0.489 e. The molecule has 77 heavy (non-hydrogen) atoms. The molecule has 18 nitrogen and oxygen atoms in total. The second kappa shape index (κ2) is 20.9. The monoisotopic (exact) mass is 1070 g/mol. The number of alkyl halides is 2. The van der Waals surface area contributed by atoms with E-state index in [2.05, 4.69) is 83.8 Å². The molecule has 404 valence electrons. The second-order valence-corrected chi connectivity index (χ2v) is 23.3. The standard InChI is InChI=1S/C56H66ClF2N15O3/c1-34(75)71-21-15-47-44(31-71)51(73-16-7-8-36-22-42(39-28-63-68(6)30-39)43(49(58)59)24-48(36)73)66-74(47)40-13-19-69(20-14-40)29-35-11-17-70(18-12-35)33-72-32-46(65-67-72)50-61-26-38(27-62-50)52(76)64-53-55(2,3)54(56(53,4)5)77-41-10-9-37(25-60)45(57)23-41/h9-10,22-24,26-28,30,32,35,40,49,53-54H,7-8,11-21,29,31,33H2,1-6H3,(H,64,76). The number of aromatic nitrogens is 9. The van der Waals surface area contributed by atoms with Gasteiger partial charge in [0.1, 0.15) is 23.6 Å². The SMILES string of the molecule is CC(=O)N1CCc2c(c(N3CCCc4cc(-c5cnn(C)c5)c(C(F)F)cc43)nn2C2CCN(CC3CCN(Cn4cc(-c5ncc(C(=O)NC6C(C)(C)C(Oc7ccc(C#N)c(Cl)c7)C6(C)C)cn5)nn4)CC3)CC2)C1. The number of nitrogens with zero attached hydrogens (tertiary/aromatic N) is 14. The fourth-order valence-electron chi connectivity index (χ4n) is 13.2. The third kappa shape index (κ3) is 10.2. The maximum atomic E-state index is 14.8. The summed E-state index contributed by atoms with van der Waals surface area (Å²) in [5.41, 5.74) is 5.57. The topological polar surface area (TPSA) is 184 Å². The Balaban J connectivity index is 0.671. The van der Waals surface area contributed by atoms with E-state index in [1.807, 2.05) is 21.8 Å². The summed E-state index contributed by atoms with van der Waals surface area (Å²) in [7, 11) is 1.79. The molecule has 0 unspecified atom stereocenters. The smallest absolute Gasteiger partial charge is 0.264 e. The number of halogens is 3. The van der Waals surface area contributed by atoms with Crippen molar-refractivity contribution in [1.29, 1.82) is 5.26 Å². The fraction of sp³-hybridized carbons (Fsp3) is 0.518. The van der Waals surface area contributed by atoms with Gasteiger partial charge in [0.2, 0.25) is 5.91 Å². The first-order chi connectivity index (χ1) is 36.9. The van der Waals surface area contributed by atoms with Gasteiger partial charge in [0.25, 0.3) is 12.3 Å². The van der Waals surface area contributed by atoms with E-state index < -0.39 is 17.3 Å². The van der Waals surface area contributed by atoms with Crippen molar-refractivity contribution >= 4 is 34.9 Å². The first-order valence-corrected chi connectivity index (χ1v) is 27.2. The molecule has 0 atom stereocenters. The highest BCUT2D eigenvalue weighted by Gasteiger charge is 2.64. The number of hydrogen-bond donors (Lipinski definition) is 1. The Morgan fingerprint density at radius 1 is 0.935 bits per heavy atom. The van der Waals surface area contributed by atoms with E-state index in [0.29, 0.717) is 83.2 Å². The van der Waals surface area contributed by atoms with Crippen LogP contribution >= 0.6 is 11.6 Å². The zero-order chi connectivity index (χ0) is 53.9. The van der Waals surface area contributed by atoms with Crippen LogP contribution in [0.25, 0.3) is 22.6 Å². The summed E-state index contributed by atoms with van der Waals surface area (Å²) in [4.78, 5) is 44.3. The van der Waals surface area contributed by atoms with Gasteiger partial charge in [-0.1, -0.05) is 44.5 Å². The Morgan fingerprint density at radius 3 is 2.35 bits per heavy atom. The molecule has 1 aliphatic carbocycles. The molecule has 4 aromatic heterocycles. The van der Waals surface area contributed by atoms with Crippen molar-refractivity contribution in [3.05, 3.63) is 99.8 Å². The van der Waals surface area contributed by atoms with Crippen LogP contribution in [0.3, 0.4) is 0 Å². The van der Waals surface area contributed by atoms with E-state index in [-0.39, 0.29) is 35.6 Å². The summed E-state index contributed by atoms with van der Waals surface area (Å²) >= 11 is 6.27. The van der Waals surface area contributed by atoms with Gasteiger partial charge in [0.05, 0.1) is 47.8 Å². The van der Waals surface area contributed by atoms with Gasteiger partial charge in [-0.25, -0.2) is 23.4 Å². The Hall–Kier alpha value is -6.82. The van der Waals surface area contributed by atoms with Gasteiger partial charge in [-0.3, -0.25) is 23.9 Å². The van der Waals surface area contributed by atoms with Crippen molar-refractivity contribution < 1.29 is 23.1 Å². The van der Waals surface area contributed by atoms with Crippen LogP contribution in [-0.4, -0.2) is 129 Å². The molecule has 1 saturated carbocycles. The van der Waals surface area contributed by atoms with Crippen LogP contribution in [0.4, 0.5) is 20.3 Å². The molecule has 2 aromatic carbocycles. The molecule has 0 bridgehead atoms. The number of hydrogen-bond acceptors (Lipinski definition) is 13. The third-order valence-corrected chi connectivity index (χ3v) is 17.3. The number of anilines is 2. The quantitative estimate of drug-likeness (QED) is 0.116. The lowest BCUT2D eigenvalue weighted by Crippen LogP contribution is -2.74. The van der Waals surface area contributed by atoms with E-state index in [1.165, 1.54) is 12.4 Å². The zero-order valence-corrected chi connectivity index (χ0v) is 45.3. The van der Waals surface area contributed by atoms with Crippen LogP contribution in [0, 0.1) is 28.1 Å². The molecule has 0 spiro atoms. The molecule has 0 radical (unpaired) electrons. The van der Waals surface area contributed by atoms with Crippen molar-refractivity contribution in [2.75, 3.05) is 50.7 Å². The van der Waals surface area contributed by atoms with Crippen molar-refractivity contribution in [2.45, 2.75) is 117 Å². The number of piperidine rings is 2. The van der Waals surface area contributed by atoms with E-state index >= 15 is 0 Å². The predicted molar refractivity (Wildman–Crippen MR) is 285 cm³/mol. The number of carbonyl (C=O) groups excluding carboxylic acids is 2. The molecular weight excluding hydrogens is 1000 g/mol. The number of carbonyl (C=O) groups is 2. The Labute approximate surface area is 452 Å². The molecule has 6 aromatic rings. The molecule has 5 aliphatic rings. The van der Waals surface area contributed by atoms with Gasteiger partial charge >= 0.3 is 0 Å². The molecular formula is C56H66ClF2N15O3. The average Bonchev–Trinajstić information content (AvgIpc) is 4.24. The Bertz CT molecular complexity index is 3200. The van der Waals surface area contributed by atoms with Crippen LogP contribution < -0.4 is 15.0 Å². The molecule has 3 fully saturated rings. The molecule has 4 aliphatic heterocycles. The number of likely N-dealkylation sites (tertiary alicyclic amines) is 2. The van der Waals surface area contributed by atoms with Crippen molar-refractivity contribution in [1.82, 2.24) is 64.5 Å². The van der Waals surface area contributed by atoms with Crippen LogP contribution in [0.1, 0.15) is 117 Å². The van der Waals surface area contributed by atoms with Crippen molar-refractivity contribution in [3.8, 4) is 34.5 Å². The number of rotatable bonds is 13. The highest BCUT2D eigenvalue weighted by atomic mass is 35.5. The molecule has 2 amide bonds. The first kappa shape index (κ1) is 52.2. The summed E-state index contributed by atoms with van der Waals surface area (Å²) in [6, 6.07) is 10.7. The van der Waals surface area contributed by atoms with Crippen LogP contribution in [0.5, 0.6) is 5.75 Å². The number of nitriles is 1. The van der Waals surface area contributed by atoms with Gasteiger partial charge in [-0.05, 0) is 79.8 Å². The second-order valence-electron chi connectivity index (χ2n) is 22.9. The number of fused-ring (bicyclic) bond motifs is 2. The fourth-order valence-corrected chi connectivity index (χ4v) is 13.4. The van der Waals surface area contributed by atoms with Crippen LogP contribution in [0.2, 0.25) is 5.02 Å². The maximum Gasteiger partial charge on any atom is 0.264 e. The molecule has 2 saturated heterocycles. The molecule has 11 rings (SSSR count). The number of aryl methyl sites for hydroxylation is 2. The van der Waals surface area contributed by atoms with E-state index in [0.717, 1.165) is 99.6 Å². The lowest BCUT2D eigenvalue weighted by molar-refractivity contribution is -0.164. The molecule has 1 N–H and O–H groups in total. The third-order valence-electron chi connectivity index (χ3n) is 17.0. The summed E-state index contributed by atoms with van der Waals surface area (Å²) in [6.07, 6.45) is 11.9. The number of amides is 2. The van der Waals surface area contributed by atoms with Crippen molar-refractivity contribution in [2.24, 2.45) is 23.8 Å². The van der Waals surface area contributed by atoms with Crippen LogP contribution in [-0.2, 0) is 37.9 Å². The lowest BCUT2D eigenvalue weighted by atomic mass is 9.49. The lowest BCUT2D eigenvalue weighted by Gasteiger charge is -2.63. The maximum absolute atomic E-state index is 14.8. The summed E-state index contributed by atoms with van der Waals surface area (Å²) < 4.78 is 41.7. The number of ether oxygens (including phenoxy) is 1. The Morgan fingerprint density at radius 2 is 1.68 bits per heavy atom. The average molecular weight is 1070 g/mol. The van der Waals surface area contributed by atoms with E-state index in [1.54, 1.807) is 55.3 Å². The van der Waals surface area contributed by atoms with Crippen molar-refractivity contribution in [3.63, 3.8) is 0 Å². The first-order valence-electron chi connectivity index (χ1n) is 26.9. The van der Waals surface area contributed by atoms with Gasteiger partial charge in [-0.15, -0.1) is 5.10 Å². The minimum Gasteiger partial charge on any atom is -0.489 e.